The molecule has 1 unspecified atom stereocenters. The number of aryl methyl sites for hydroxylation is 1. The van der Waals surface area contributed by atoms with Crippen molar-refractivity contribution in [3.63, 3.8) is 0 Å². The van der Waals surface area contributed by atoms with Gasteiger partial charge in [-0.05, 0) is 41.9 Å². The van der Waals surface area contributed by atoms with Crippen LogP contribution in [0.1, 0.15) is 23.4 Å². The van der Waals surface area contributed by atoms with Crippen LogP contribution in [-0.4, -0.2) is 7.85 Å². The van der Waals surface area contributed by atoms with Gasteiger partial charge in [-0.2, -0.15) is 0 Å². The Morgan fingerprint density at radius 2 is 1.17 bits per heavy atom. The first kappa shape index (κ1) is 17.4. The zero-order valence-corrected chi connectivity index (χ0v) is 16.9. The predicted molar refractivity (Wildman–Crippen MR) is 127 cm³/mol. The molecule has 144 valence electrons. The van der Waals surface area contributed by atoms with Crippen molar-refractivity contribution < 1.29 is 8.83 Å². The molecule has 30 heavy (non-hydrogen) atoms. The topological polar surface area (TPSA) is 26.3 Å². The van der Waals surface area contributed by atoms with E-state index in [-0.39, 0.29) is 0 Å². The van der Waals surface area contributed by atoms with Gasteiger partial charge in [0, 0.05) is 21.5 Å². The second-order valence-corrected chi connectivity index (χ2v) is 8.15. The largest absolute Gasteiger partial charge is 0.456 e. The van der Waals surface area contributed by atoms with E-state index in [0.717, 1.165) is 35.2 Å². The van der Waals surface area contributed by atoms with E-state index in [2.05, 4.69) is 68.5 Å². The highest BCUT2D eigenvalue weighted by molar-refractivity contribution is 6.15. The Balaban J connectivity index is 1.35. The van der Waals surface area contributed by atoms with Crippen molar-refractivity contribution in [1.82, 2.24) is 0 Å². The van der Waals surface area contributed by atoms with Gasteiger partial charge in [-0.3, -0.25) is 0 Å². The zero-order valence-electron chi connectivity index (χ0n) is 16.9. The third-order valence-corrected chi connectivity index (χ3v) is 6.30. The van der Waals surface area contributed by atoms with Crippen LogP contribution in [0.25, 0.3) is 43.9 Å². The number of para-hydroxylation sites is 4. The molecule has 0 spiro atoms. The van der Waals surface area contributed by atoms with Gasteiger partial charge in [0.25, 0.3) is 0 Å². The van der Waals surface area contributed by atoms with Crippen molar-refractivity contribution in [3.05, 3.63) is 96.1 Å². The third-order valence-electron chi connectivity index (χ3n) is 6.30. The smallest absolute Gasteiger partial charge is 0.138 e. The Morgan fingerprint density at radius 3 is 1.90 bits per heavy atom. The fraction of sp³-hybridized carbons (Fsp3) is 0.111. The van der Waals surface area contributed by atoms with Gasteiger partial charge in [-0.15, -0.1) is 0 Å². The van der Waals surface area contributed by atoms with E-state index in [4.69, 9.17) is 8.83 Å². The Morgan fingerprint density at radius 1 is 0.600 bits per heavy atom. The van der Waals surface area contributed by atoms with Crippen molar-refractivity contribution in [2.75, 3.05) is 0 Å². The van der Waals surface area contributed by atoms with Crippen molar-refractivity contribution >= 4 is 51.7 Å². The summed E-state index contributed by atoms with van der Waals surface area (Å²) in [6.45, 7) is 0. The normalized spacial score (nSPS) is 12.9. The van der Waals surface area contributed by atoms with Crippen LogP contribution in [0.4, 0.5) is 0 Å². The summed E-state index contributed by atoms with van der Waals surface area (Å²) < 4.78 is 12.5. The Labute approximate surface area is 175 Å². The van der Waals surface area contributed by atoms with E-state index in [9.17, 15) is 0 Å². The van der Waals surface area contributed by atoms with Gasteiger partial charge in [0.15, 0.2) is 0 Å². The summed E-state index contributed by atoms with van der Waals surface area (Å²) in [5.74, 6) is 0.383. The molecule has 0 aliphatic rings. The Kier molecular flexibility index (Phi) is 3.95. The van der Waals surface area contributed by atoms with Crippen LogP contribution in [0, 0.1) is 0 Å². The summed E-state index contributed by atoms with van der Waals surface area (Å²) in [4.78, 5) is 0. The SMILES string of the molecule is BC(CCc1cccc2c1oc1ccccc12)c1cccc2c1oc1ccccc12. The van der Waals surface area contributed by atoms with Crippen LogP contribution in [0.5, 0.6) is 0 Å². The molecule has 0 saturated heterocycles. The highest BCUT2D eigenvalue weighted by Gasteiger charge is 2.16. The predicted octanol–water partition coefficient (Wildman–Crippen LogP) is 6.79. The van der Waals surface area contributed by atoms with Gasteiger partial charge in [0.05, 0.1) is 0 Å². The first-order valence-electron chi connectivity index (χ1n) is 10.6. The minimum atomic E-state index is 0.383. The highest BCUT2D eigenvalue weighted by Crippen LogP contribution is 2.35. The number of rotatable bonds is 4. The van der Waals surface area contributed by atoms with E-state index >= 15 is 0 Å². The molecule has 0 aliphatic carbocycles. The van der Waals surface area contributed by atoms with E-state index < -0.39 is 0 Å². The molecule has 0 amide bonds. The van der Waals surface area contributed by atoms with Crippen molar-refractivity contribution in [2.24, 2.45) is 0 Å². The molecule has 4 aromatic carbocycles. The van der Waals surface area contributed by atoms with Crippen LogP contribution in [0.2, 0.25) is 0 Å². The molecule has 2 nitrogen and oxygen atoms in total. The number of hydrogen-bond acceptors (Lipinski definition) is 2. The number of fused-ring (bicyclic) bond motifs is 6. The fourth-order valence-electron chi connectivity index (χ4n) is 4.69. The van der Waals surface area contributed by atoms with E-state index in [1.54, 1.807) is 0 Å². The molecule has 1 atom stereocenters. The molecule has 0 bridgehead atoms. The monoisotopic (exact) mass is 388 g/mol. The maximum atomic E-state index is 6.25. The van der Waals surface area contributed by atoms with Crippen LogP contribution in [0.15, 0.2) is 93.8 Å². The molecule has 6 aromatic rings. The minimum absolute atomic E-state index is 0.383. The molecule has 2 heterocycles. The first-order valence-corrected chi connectivity index (χ1v) is 10.6. The average molecular weight is 388 g/mol. The van der Waals surface area contributed by atoms with Gasteiger partial charge in [0.1, 0.15) is 30.2 Å². The van der Waals surface area contributed by atoms with Crippen LogP contribution >= 0.6 is 0 Å². The quantitative estimate of drug-likeness (QED) is 0.311. The minimum Gasteiger partial charge on any atom is -0.456 e. The third kappa shape index (κ3) is 2.66. The zero-order chi connectivity index (χ0) is 20.1. The Hall–Kier alpha value is -3.46. The summed E-state index contributed by atoms with van der Waals surface area (Å²) in [6, 6.07) is 29.6. The molecular formula is C27H21BO2. The average Bonchev–Trinajstić information content (AvgIpc) is 3.36. The molecule has 0 saturated carbocycles. The number of benzene rings is 4. The summed E-state index contributed by atoms with van der Waals surface area (Å²) in [7, 11) is 2.29. The molecule has 0 fully saturated rings. The second kappa shape index (κ2) is 6.81. The lowest BCUT2D eigenvalue weighted by Gasteiger charge is -2.12. The fourth-order valence-corrected chi connectivity index (χ4v) is 4.69. The summed E-state index contributed by atoms with van der Waals surface area (Å²) in [5, 5.41) is 4.78. The lowest BCUT2D eigenvalue weighted by atomic mass is 9.76. The lowest BCUT2D eigenvalue weighted by molar-refractivity contribution is 0.651. The standard InChI is InChI=1S/C27H21BO2/c28-23(22-12-6-11-21-19-9-2-4-14-25(19)30-27(21)22)16-15-17-7-5-10-20-18-8-1-3-13-24(18)29-26(17)20/h1-14,23H,15-16,28H2. The van der Waals surface area contributed by atoms with Gasteiger partial charge >= 0.3 is 0 Å². The molecule has 0 N–H and O–H groups in total. The summed E-state index contributed by atoms with van der Waals surface area (Å²) >= 11 is 0. The number of hydrogen-bond donors (Lipinski definition) is 0. The summed E-state index contributed by atoms with van der Waals surface area (Å²) in [5.41, 5.74) is 6.51. The number of furan rings is 2. The van der Waals surface area contributed by atoms with Crippen molar-refractivity contribution in [3.8, 4) is 0 Å². The summed E-state index contributed by atoms with van der Waals surface area (Å²) in [6.07, 6.45) is 2.00. The van der Waals surface area contributed by atoms with Gasteiger partial charge < -0.3 is 8.83 Å². The van der Waals surface area contributed by atoms with Crippen LogP contribution in [-0.2, 0) is 6.42 Å². The molecule has 0 aliphatic heterocycles. The van der Waals surface area contributed by atoms with E-state index in [0.29, 0.717) is 5.82 Å². The van der Waals surface area contributed by atoms with Crippen molar-refractivity contribution in [1.29, 1.82) is 0 Å². The van der Waals surface area contributed by atoms with E-state index in [1.165, 1.54) is 32.7 Å². The Bertz CT molecular complexity index is 1520. The lowest BCUT2D eigenvalue weighted by Crippen LogP contribution is -2.01. The molecular weight excluding hydrogens is 367 g/mol. The molecule has 0 radical (unpaired) electrons. The van der Waals surface area contributed by atoms with E-state index in [1.807, 2.05) is 24.3 Å². The molecule has 6 rings (SSSR count). The first-order chi connectivity index (χ1) is 14.8. The van der Waals surface area contributed by atoms with Crippen LogP contribution in [0.3, 0.4) is 0 Å². The van der Waals surface area contributed by atoms with Crippen molar-refractivity contribution in [2.45, 2.75) is 18.7 Å². The molecule has 3 heteroatoms. The van der Waals surface area contributed by atoms with Gasteiger partial charge in [-0.25, -0.2) is 0 Å². The molecule has 2 aromatic heterocycles. The van der Waals surface area contributed by atoms with Gasteiger partial charge in [0.2, 0.25) is 0 Å². The van der Waals surface area contributed by atoms with Gasteiger partial charge in [-0.1, -0.05) is 72.8 Å². The highest BCUT2D eigenvalue weighted by atomic mass is 16.3. The maximum absolute atomic E-state index is 6.25. The van der Waals surface area contributed by atoms with Crippen LogP contribution < -0.4 is 0 Å². The maximum Gasteiger partial charge on any atom is 0.138 e. The second-order valence-electron chi connectivity index (χ2n) is 8.15.